The van der Waals surface area contributed by atoms with Crippen molar-refractivity contribution in [3.05, 3.63) is 35.4 Å². The predicted molar refractivity (Wildman–Crippen MR) is 126 cm³/mol. The maximum Gasteiger partial charge on any atom is 0.323 e. The van der Waals surface area contributed by atoms with Crippen LogP contribution in [0, 0.1) is 23.7 Å². The second-order valence-electron chi connectivity index (χ2n) is 10.2. The van der Waals surface area contributed by atoms with Crippen LogP contribution in [0.25, 0.3) is 0 Å². The molecule has 0 spiro atoms. The Labute approximate surface area is 193 Å². The molecule has 2 rings (SSSR count). The predicted octanol–water partition coefficient (Wildman–Crippen LogP) is 4.63. The molecule has 0 radical (unpaired) electrons. The number of ether oxygens (including phenoxy) is 1. The summed E-state index contributed by atoms with van der Waals surface area (Å²) in [6.07, 6.45) is 4.86. The smallest absolute Gasteiger partial charge is 0.323 e. The molecule has 1 aromatic rings. The highest BCUT2D eigenvalue weighted by Gasteiger charge is 2.35. The molecule has 1 amide bonds. The number of rotatable bonds is 11. The molecule has 32 heavy (non-hydrogen) atoms. The van der Waals surface area contributed by atoms with E-state index in [2.05, 4.69) is 39.9 Å². The van der Waals surface area contributed by atoms with E-state index >= 15 is 0 Å². The summed E-state index contributed by atoms with van der Waals surface area (Å²) < 4.78 is 6.11. The maximum absolute atomic E-state index is 13.1. The van der Waals surface area contributed by atoms with E-state index in [1.54, 1.807) is 5.48 Å². The normalized spacial score (nSPS) is 22.1. The van der Waals surface area contributed by atoms with Gasteiger partial charge in [-0.3, -0.25) is 14.8 Å². The van der Waals surface area contributed by atoms with E-state index in [-0.39, 0.29) is 24.5 Å². The average Bonchev–Trinajstić information content (AvgIpc) is 2.75. The molecule has 1 fully saturated rings. The minimum atomic E-state index is -0.391. The van der Waals surface area contributed by atoms with Crippen molar-refractivity contribution in [2.45, 2.75) is 91.8 Å². The van der Waals surface area contributed by atoms with E-state index < -0.39 is 5.91 Å². The van der Waals surface area contributed by atoms with Crippen molar-refractivity contribution < 1.29 is 19.5 Å². The second-order valence-corrected chi connectivity index (χ2v) is 10.2. The van der Waals surface area contributed by atoms with E-state index in [1.165, 1.54) is 6.42 Å². The number of amides is 1. The van der Waals surface area contributed by atoms with Crippen LogP contribution in [0.1, 0.15) is 77.8 Å². The largest absolute Gasteiger partial charge is 0.461 e. The van der Waals surface area contributed by atoms with E-state index in [1.807, 2.05) is 24.3 Å². The van der Waals surface area contributed by atoms with Gasteiger partial charge in [0.25, 0.3) is 0 Å². The molecule has 6 nitrogen and oxygen atoms in total. The summed E-state index contributed by atoms with van der Waals surface area (Å²) in [7, 11) is 0. The second kappa shape index (κ2) is 12.9. The van der Waals surface area contributed by atoms with E-state index in [9.17, 15) is 9.59 Å². The van der Waals surface area contributed by atoms with Gasteiger partial charge >= 0.3 is 5.97 Å². The Hall–Kier alpha value is -1.92. The fraction of sp³-hybridized carbons (Fsp3) is 0.692. The molecular formula is C26H42N2O4. The first-order valence-corrected chi connectivity index (χ1v) is 12.1. The molecule has 0 aliphatic heterocycles. The molecule has 0 bridgehead atoms. The number of benzene rings is 1. The van der Waals surface area contributed by atoms with Crippen LogP contribution in [0.4, 0.5) is 0 Å². The minimum Gasteiger partial charge on any atom is -0.461 e. The third-order valence-electron chi connectivity index (χ3n) is 6.56. The van der Waals surface area contributed by atoms with Gasteiger partial charge in [-0.1, -0.05) is 65.3 Å². The fourth-order valence-electron chi connectivity index (χ4n) is 4.59. The number of carbonyl (C=O) groups excluding carboxylic acids is 2. The number of nitrogens with one attached hydrogen (secondary N) is 2. The van der Waals surface area contributed by atoms with Gasteiger partial charge in [0.2, 0.25) is 5.91 Å². The summed E-state index contributed by atoms with van der Waals surface area (Å²) in [5.41, 5.74) is 3.76. The molecule has 0 heterocycles. The summed E-state index contributed by atoms with van der Waals surface area (Å²) in [5.74, 6) is 1.41. The Bertz CT molecular complexity index is 717. The van der Waals surface area contributed by atoms with Gasteiger partial charge in [-0.2, -0.15) is 0 Å². The van der Waals surface area contributed by atoms with Crippen LogP contribution < -0.4 is 10.8 Å². The van der Waals surface area contributed by atoms with Gasteiger partial charge in [-0.15, -0.1) is 0 Å². The third-order valence-corrected chi connectivity index (χ3v) is 6.56. The fourth-order valence-corrected chi connectivity index (χ4v) is 4.59. The highest BCUT2D eigenvalue weighted by molar-refractivity contribution is 5.76. The Morgan fingerprint density at radius 2 is 1.75 bits per heavy atom. The van der Waals surface area contributed by atoms with Gasteiger partial charge in [0.15, 0.2) is 0 Å². The molecule has 3 N–H and O–H groups in total. The lowest BCUT2D eigenvalue weighted by molar-refractivity contribution is -0.159. The lowest BCUT2D eigenvalue weighted by atomic mass is 9.75. The molecule has 1 aliphatic carbocycles. The first-order valence-electron chi connectivity index (χ1n) is 12.1. The quantitative estimate of drug-likeness (QED) is 0.262. The average molecular weight is 447 g/mol. The minimum absolute atomic E-state index is 0.0121. The van der Waals surface area contributed by atoms with Crippen molar-refractivity contribution in [2.24, 2.45) is 23.7 Å². The van der Waals surface area contributed by atoms with Gasteiger partial charge in [-0.25, -0.2) is 5.48 Å². The summed E-state index contributed by atoms with van der Waals surface area (Å²) in [4.78, 5) is 24.3. The molecule has 6 heteroatoms. The maximum atomic E-state index is 13.1. The van der Waals surface area contributed by atoms with E-state index in [4.69, 9.17) is 9.94 Å². The van der Waals surface area contributed by atoms with Crippen LogP contribution >= 0.6 is 0 Å². The molecule has 180 valence electrons. The molecule has 1 aliphatic rings. The lowest BCUT2D eigenvalue weighted by Gasteiger charge is -2.37. The zero-order chi connectivity index (χ0) is 23.7. The van der Waals surface area contributed by atoms with Crippen molar-refractivity contribution in [3.8, 4) is 0 Å². The van der Waals surface area contributed by atoms with Gasteiger partial charge in [-0.05, 0) is 60.5 Å². The van der Waals surface area contributed by atoms with Crippen molar-refractivity contribution >= 4 is 11.9 Å². The monoisotopic (exact) mass is 446 g/mol. The Kier molecular flexibility index (Phi) is 10.7. The molecule has 3 unspecified atom stereocenters. The highest BCUT2D eigenvalue weighted by atomic mass is 16.5. The van der Waals surface area contributed by atoms with Crippen LogP contribution in [0.2, 0.25) is 0 Å². The Morgan fingerprint density at radius 1 is 1.09 bits per heavy atom. The molecule has 0 saturated heterocycles. The van der Waals surface area contributed by atoms with Gasteiger partial charge in [0.05, 0.1) is 0 Å². The molecule has 1 aromatic carbocycles. The Morgan fingerprint density at radius 3 is 2.34 bits per heavy atom. The van der Waals surface area contributed by atoms with Crippen LogP contribution in [-0.2, 0) is 27.3 Å². The number of carbonyl (C=O) groups is 2. The first-order chi connectivity index (χ1) is 15.2. The summed E-state index contributed by atoms with van der Waals surface area (Å²) in [6, 6.07) is 7.65. The molecular weight excluding hydrogens is 404 g/mol. The number of hydrogen-bond acceptors (Lipinski definition) is 5. The van der Waals surface area contributed by atoms with Crippen molar-refractivity contribution in [1.29, 1.82) is 0 Å². The molecule has 4 atom stereocenters. The molecule has 0 aromatic heterocycles. The number of aryl methyl sites for hydroxylation is 1. The SMILES string of the molecule is CC(C)C[C@H](NCc1ccc(CCC(=O)NO)cc1)C(=O)OC1CC(C)CCC1C(C)C. The van der Waals surface area contributed by atoms with E-state index in [0.29, 0.717) is 36.6 Å². The number of hydrogen-bond donors (Lipinski definition) is 3. The summed E-state index contributed by atoms with van der Waals surface area (Å²) in [5, 5.41) is 12.0. The first kappa shape index (κ1) is 26.3. The van der Waals surface area contributed by atoms with Crippen LogP contribution in [0.3, 0.4) is 0 Å². The Balaban J connectivity index is 1.95. The summed E-state index contributed by atoms with van der Waals surface area (Å²) >= 11 is 0. The molecule has 1 saturated carbocycles. The number of hydroxylamine groups is 1. The van der Waals surface area contributed by atoms with Gasteiger partial charge < -0.3 is 10.1 Å². The third kappa shape index (κ3) is 8.55. The van der Waals surface area contributed by atoms with Crippen LogP contribution in [0.5, 0.6) is 0 Å². The van der Waals surface area contributed by atoms with E-state index in [0.717, 1.165) is 30.4 Å². The topological polar surface area (TPSA) is 87.7 Å². The zero-order valence-corrected chi connectivity index (χ0v) is 20.4. The van der Waals surface area contributed by atoms with Crippen molar-refractivity contribution in [1.82, 2.24) is 10.8 Å². The van der Waals surface area contributed by atoms with Crippen LogP contribution in [-0.4, -0.2) is 29.2 Å². The standard InChI is InChI=1S/C26H42N2O4/c1-17(2)14-23(26(30)32-24-15-19(5)6-12-22(24)18(3)4)27-16-21-9-7-20(8-10-21)11-13-25(29)28-31/h7-10,17-19,22-24,27,31H,6,11-16H2,1-5H3,(H,28,29)/t19?,22?,23-,24?/m0/s1. The van der Waals surface area contributed by atoms with Gasteiger partial charge in [0.1, 0.15) is 12.1 Å². The summed E-state index contributed by atoms with van der Waals surface area (Å²) in [6.45, 7) is 11.5. The van der Waals surface area contributed by atoms with Crippen molar-refractivity contribution in [3.63, 3.8) is 0 Å². The number of esters is 1. The van der Waals surface area contributed by atoms with Crippen LogP contribution in [0.15, 0.2) is 24.3 Å². The highest BCUT2D eigenvalue weighted by Crippen LogP contribution is 2.35. The zero-order valence-electron chi connectivity index (χ0n) is 20.4. The van der Waals surface area contributed by atoms with Gasteiger partial charge in [0, 0.05) is 13.0 Å². The van der Waals surface area contributed by atoms with Crippen molar-refractivity contribution in [2.75, 3.05) is 0 Å². The lowest BCUT2D eigenvalue weighted by Crippen LogP contribution is -2.43.